The summed E-state index contributed by atoms with van der Waals surface area (Å²) in [4.78, 5) is 23.1. The molecule has 0 aliphatic heterocycles. The third-order valence-corrected chi connectivity index (χ3v) is 3.20. The molecule has 3 aromatic rings. The monoisotopic (exact) mass is 292 g/mol. The van der Waals surface area contributed by atoms with Gasteiger partial charge in [0.2, 0.25) is 0 Å². The Hall–Kier alpha value is -3.28. The van der Waals surface area contributed by atoms with E-state index in [-0.39, 0.29) is 5.56 Å². The summed E-state index contributed by atoms with van der Waals surface area (Å²) in [6.45, 7) is 0. The third-order valence-electron chi connectivity index (χ3n) is 3.20. The van der Waals surface area contributed by atoms with Crippen LogP contribution in [0, 0.1) is 0 Å². The summed E-state index contributed by atoms with van der Waals surface area (Å²) in [6.07, 6.45) is 2.29. The van der Waals surface area contributed by atoms with Crippen molar-refractivity contribution in [1.29, 1.82) is 0 Å². The summed E-state index contributed by atoms with van der Waals surface area (Å²) in [5.41, 5.74) is 5.89. The lowest BCUT2D eigenvalue weighted by molar-refractivity contribution is 0.0956. The highest BCUT2D eigenvalue weighted by Gasteiger charge is 2.11. The lowest BCUT2D eigenvalue weighted by Crippen LogP contribution is -2.30. The van der Waals surface area contributed by atoms with Gasteiger partial charge in [0.05, 0.1) is 11.8 Å². The number of fused-ring (bicyclic) bond motifs is 1. The Bertz CT molecular complexity index is 843. The van der Waals surface area contributed by atoms with Gasteiger partial charge in [-0.2, -0.15) is 5.10 Å². The summed E-state index contributed by atoms with van der Waals surface area (Å²) in [5, 5.41) is 9.59. The molecule has 0 saturated carbocycles. The zero-order valence-corrected chi connectivity index (χ0v) is 11.5. The molecular weight excluding hydrogens is 280 g/mol. The van der Waals surface area contributed by atoms with Crippen molar-refractivity contribution in [2.45, 2.75) is 0 Å². The minimum absolute atomic E-state index is 0.290. The Balaban J connectivity index is 1.82. The smallest absolute Gasteiger partial charge is 0.270 e. The molecule has 2 aromatic carbocycles. The molecule has 108 valence electrons. The maximum Gasteiger partial charge on any atom is 0.270 e. The molecule has 0 atom stereocenters. The van der Waals surface area contributed by atoms with Crippen LogP contribution in [0.25, 0.3) is 10.8 Å². The summed E-state index contributed by atoms with van der Waals surface area (Å²) in [5.74, 6) is 0.0208. The molecule has 0 aliphatic rings. The summed E-state index contributed by atoms with van der Waals surface area (Å²) < 4.78 is 0. The molecule has 0 spiro atoms. The zero-order chi connectivity index (χ0) is 15.4. The molecule has 1 amide bonds. The van der Waals surface area contributed by atoms with Gasteiger partial charge in [-0.15, -0.1) is 5.10 Å². The van der Waals surface area contributed by atoms with Crippen LogP contribution in [0.3, 0.4) is 0 Å². The first-order valence-corrected chi connectivity index (χ1v) is 6.60. The van der Waals surface area contributed by atoms with Gasteiger partial charge in [-0.1, -0.05) is 42.5 Å². The van der Waals surface area contributed by atoms with Crippen molar-refractivity contribution in [2.24, 2.45) is 0 Å². The van der Waals surface area contributed by atoms with Gasteiger partial charge in [0, 0.05) is 16.3 Å². The van der Waals surface area contributed by atoms with E-state index in [1.165, 1.54) is 0 Å². The number of carbonyl (C=O) groups excluding carboxylic acids is 2. The van der Waals surface area contributed by atoms with E-state index in [0.29, 0.717) is 17.7 Å². The van der Waals surface area contributed by atoms with Crippen molar-refractivity contribution in [2.75, 3.05) is 5.43 Å². The number of aromatic nitrogens is 2. The predicted molar refractivity (Wildman–Crippen MR) is 82.5 cm³/mol. The molecule has 22 heavy (non-hydrogen) atoms. The number of hydrogen-bond acceptors (Lipinski definition) is 5. The maximum atomic E-state index is 12.2. The third kappa shape index (κ3) is 2.62. The second-order valence-electron chi connectivity index (χ2n) is 4.56. The molecule has 6 nitrogen and oxygen atoms in total. The van der Waals surface area contributed by atoms with Crippen LogP contribution in [-0.2, 0) is 0 Å². The molecular formula is C16H12N4O2. The zero-order valence-electron chi connectivity index (χ0n) is 11.5. The first-order valence-electron chi connectivity index (χ1n) is 6.60. The van der Waals surface area contributed by atoms with E-state index in [9.17, 15) is 9.59 Å². The minimum atomic E-state index is -0.419. The van der Waals surface area contributed by atoms with Gasteiger partial charge >= 0.3 is 0 Å². The van der Waals surface area contributed by atoms with E-state index >= 15 is 0 Å². The van der Waals surface area contributed by atoms with Gasteiger partial charge in [0.1, 0.15) is 0 Å². The Kier molecular flexibility index (Phi) is 3.74. The Labute approximate surface area is 126 Å². The fraction of sp³-hybridized carbons (Fsp3) is 0. The Morgan fingerprint density at radius 3 is 2.68 bits per heavy atom. The van der Waals surface area contributed by atoms with E-state index in [1.807, 2.05) is 24.3 Å². The summed E-state index contributed by atoms with van der Waals surface area (Å²) in [6, 6.07) is 14.1. The van der Waals surface area contributed by atoms with Crippen LogP contribution in [0.1, 0.15) is 20.7 Å². The molecule has 0 radical (unpaired) electrons. The van der Waals surface area contributed by atoms with Crippen LogP contribution in [-0.4, -0.2) is 22.4 Å². The maximum absolute atomic E-state index is 12.2. The lowest BCUT2D eigenvalue weighted by Gasteiger charge is -2.10. The molecule has 3 rings (SSSR count). The SMILES string of the molecule is O=Cc1ccccc1C(=O)NNc1nncc2ccccc12. The number of nitrogens with one attached hydrogen (secondary N) is 2. The minimum Gasteiger partial charge on any atom is -0.298 e. The molecule has 0 bridgehead atoms. The van der Waals surface area contributed by atoms with Gasteiger partial charge in [-0.3, -0.25) is 20.4 Å². The van der Waals surface area contributed by atoms with Gasteiger partial charge < -0.3 is 0 Å². The largest absolute Gasteiger partial charge is 0.298 e. The van der Waals surface area contributed by atoms with E-state index < -0.39 is 5.91 Å². The number of amides is 1. The van der Waals surface area contributed by atoms with Crippen molar-refractivity contribution in [3.63, 3.8) is 0 Å². The van der Waals surface area contributed by atoms with Crippen LogP contribution < -0.4 is 10.9 Å². The van der Waals surface area contributed by atoms with Crippen LogP contribution in [0.5, 0.6) is 0 Å². The standard InChI is InChI=1S/C16H12N4O2/c21-10-12-6-2-4-8-14(12)16(22)20-19-15-13-7-3-1-5-11(13)9-17-18-15/h1-10H,(H,18,19)(H,20,22). The van der Waals surface area contributed by atoms with Crippen LogP contribution in [0.2, 0.25) is 0 Å². The van der Waals surface area contributed by atoms with Crippen molar-refractivity contribution in [3.8, 4) is 0 Å². The number of nitrogens with zero attached hydrogens (tertiary/aromatic N) is 2. The van der Waals surface area contributed by atoms with E-state index in [1.54, 1.807) is 30.5 Å². The topological polar surface area (TPSA) is 84.0 Å². The number of hydrazine groups is 1. The fourth-order valence-electron chi connectivity index (χ4n) is 2.11. The van der Waals surface area contributed by atoms with Crippen molar-refractivity contribution in [3.05, 3.63) is 65.9 Å². The van der Waals surface area contributed by atoms with E-state index in [2.05, 4.69) is 21.0 Å². The quantitative estimate of drug-likeness (QED) is 0.569. The van der Waals surface area contributed by atoms with Crippen LogP contribution in [0.4, 0.5) is 5.82 Å². The van der Waals surface area contributed by atoms with Crippen LogP contribution in [0.15, 0.2) is 54.7 Å². The molecule has 1 aromatic heterocycles. The number of aldehydes is 1. The van der Waals surface area contributed by atoms with Crippen molar-refractivity contribution >= 4 is 28.8 Å². The number of rotatable bonds is 4. The first kappa shape index (κ1) is 13.7. The summed E-state index contributed by atoms with van der Waals surface area (Å²) in [7, 11) is 0. The first-order chi connectivity index (χ1) is 10.8. The highest BCUT2D eigenvalue weighted by atomic mass is 16.2. The normalized spacial score (nSPS) is 10.2. The summed E-state index contributed by atoms with van der Waals surface area (Å²) >= 11 is 0. The predicted octanol–water partition coefficient (Wildman–Crippen LogP) is 2.20. The molecule has 6 heteroatoms. The number of hydrogen-bond donors (Lipinski definition) is 2. The number of benzene rings is 2. The van der Waals surface area contributed by atoms with Gasteiger partial charge in [-0.05, 0) is 6.07 Å². The molecule has 2 N–H and O–H groups in total. The number of carbonyl (C=O) groups is 2. The van der Waals surface area contributed by atoms with Crippen molar-refractivity contribution < 1.29 is 9.59 Å². The second-order valence-corrected chi connectivity index (χ2v) is 4.56. The van der Waals surface area contributed by atoms with Crippen molar-refractivity contribution in [1.82, 2.24) is 15.6 Å². The highest BCUT2D eigenvalue weighted by molar-refractivity contribution is 6.02. The molecule has 0 unspecified atom stereocenters. The molecule has 0 fully saturated rings. The number of anilines is 1. The average molecular weight is 292 g/mol. The van der Waals surface area contributed by atoms with E-state index in [0.717, 1.165) is 10.8 Å². The average Bonchev–Trinajstić information content (AvgIpc) is 2.59. The fourth-order valence-corrected chi connectivity index (χ4v) is 2.11. The highest BCUT2D eigenvalue weighted by Crippen LogP contribution is 2.18. The van der Waals surface area contributed by atoms with Gasteiger partial charge in [0.25, 0.3) is 5.91 Å². The molecule has 1 heterocycles. The van der Waals surface area contributed by atoms with Crippen LogP contribution >= 0.6 is 0 Å². The van der Waals surface area contributed by atoms with Gasteiger partial charge in [-0.25, -0.2) is 0 Å². The second kappa shape index (κ2) is 6.01. The lowest BCUT2D eigenvalue weighted by atomic mass is 10.1. The molecule has 0 saturated heterocycles. The molecule has 0 aliphatic carbocycles. The Morgan fingerprint density at radius 1 is 1.05 bits per heavy atom. The van der Waals surface area contributed by atoms with E-state index in [4.69, 9.17) is 0 Å². The Morgan fingerprint density at radius 2 is 1.82 bits per heavy atom. The van der Waals surface area contributed by atoms with Gasteiger partial charge in [0.15, 0.2) is 12.1 Å².